The van der Waals surface area contributed by atoms with Gasteiger partial charge in [0, 0.05) is 18.8 Å². The van der Waals surface area contributed by atoms with E-state index in [0.717, 1.165) is 11.8 Å². The molecule has 29 heavy (non-hydrogen) atoms. The van der Waals surface area contributed by atoms with Crippen LogP contribution in [0.1, 0.15) is 18.1 Å². The van der Waals surface area contributed by atoms with Crippen LogP contribution in [-0.4, -0.2) is 49.5 Å². The molecule has 4 nitrogen and oxygen atoms in total. The molecule has 0 bridgehead atoms. The Morgan fingerprint density at radius 2 is 1.41 bits per heavy atom. The van der Waals surface area contributed by atoms with Gasteiger partial charge in [0.1, 0.15) is 0 Å². The number of benzene rings is 1. The first-order valence-corrected chi connectivity index (χ1v) is 7.99. The van der Waals surface area contributed by atoms with Crippen LogP contribution < -0.4 is 4.90 Å². The molecule has 13 heteroatoms. The highest BCUT2D eigenvalue weighted by Crippen LogP contribution is 2.40. The average Bonchev–Trinajstić information content (AvgIpc) is 2.51. The van der Waals surface area contributed by atoms with Crippen molar-refractivity contribution in [1.82, 2.24) is 4.90 Å². The summed E-state index contributed by atoms with van der Waals surface area (Å²) in [5, 5.41) is 0. The summed E-state index contributed by atoms with van der Waals surface area (Å²) in [5.41, 5.74) is -6.10. The molecule has 1 aromatic carbocycles. The molecule has 0 radical (unpaired) electrons. The first-order chi connectivity index (χ1) is 12.9. The van der Waals surface area contributed by atoms with Crippen LogP contribution in [0, 0.1) is 0 Å². The van der Waals surface area contributed by atoms with E-state index < -0.39 is 47.0 Å². The molecule has 1 aromatic rings. The highest BCUT2D eigenvalue weighted by molar-refractivity contribution is 5.76. The van der Waals surface area contributed by atoms with Gasteiger partial charge in [0.2, 0.25) is 0 Å². The van der Waals surface area contributed by atoms with Gasteiger partial charge in [-0.05, 0) is 32.2 Å². The minimum absolute atomic E-state index is 0.0940. The predicted molar refractivity (Wildman–Crippen MR) is 81.8 cm³/mol. The number of carbonyl (C=O) groups is 1. The number of likely N-dealkylation sites (N-methyl/N-ethyl adjacent to an activating group) is 1. The van der Waals surface area contributed by atoms with E-state index in [1.165, 1.54) is 11.9 Å². The largest absolute Gasteiger partial charge is 0.491 e. The SMILES string of the molecule is CN1CCN(c2cc(C(F)(F)F)cc(C(F)(F)F)c2)[C@@](C)(OC(=O)C(F)(F)F)C1. The third-order valence-electron chi connectivity index (χ3n) is 4.27. The Bertz CT molecular complexity index is 741. The Labute approximate surface area is 158 Å². The van der Waals surface area contributed by atoms with Crippen molar-refractivity contribution in [3.8, 4) is 0 Å². The van der Waals surface area contributed by atoms with Gasteiger partial charge in [-0.3, -0.25) is 4.90 Å². The molecular formula is C16H15F9N2O2. The lowest BCUT2D eigenvalue weighted by molar-refractivity contribution is -0.215. The van der Waals surface area contributed by atoms with Crippen molar-refractivity contribution in [2.75, 3.05) is 31.6 Å². The van der Waals surface area contributed by atoms with Gasteiger partial charge in [0.15, 0.2) is 5.72 Å². The van der Waals surface area contributed by atoms with Crippen LogP contribution in [0.15, 0.2) is 18.2 Å². The van der Waals surface area contributed by atoms with Gasteiger partial charge in [-0.25, -0.2) is 4.79 Å². The fourth-order valence-electron chi connectivity index (χ4n) is 3.01. The topological polar surface area (TPSA) is 32.8 Å². The number of nitrogens with zero attached hydrogens (tertiary/aromatic N) is 2. The Hall–Kier alpha value is -2.18. The zero-order chi connectivity index (χ0) is 22.4. The van der Waals surface area contributed by atoms with Gasteiger partial charge in [-0.2, -0.15) is 39.5 Å². The van der Waals surface area contributed by atoms with E-state index in [0.29, 0.717) is 12.1 Å². The van der Waals surface area contributed by atoms with E-state index in [2.05, 4.69) is 4.74 Å². The maximum absolute atomic E-state index is 13.1. The standard InChI is InChI=1S/C16H15F9N2O2/c1-13(29-12(28)16(23,24)25)8-26(2)3-4-27(13)11-6-9(14(17,18)19)5-10(7-11)15(20,21)22/h5-7H,3-4,8H2,1-2H3/t13-/m0/s1. The number of alkyl halides is 9. The summed E-state index contributed by atoms with van der Waals surface area (Å²) >= 11 is 0. The van der Waals surface area contributed by atoms with Crippen molar-refractivity contribution in [1.29, 1.82) is 0 Å². The summed E-state index contributed by atoms with van der Waals surface area (Å²) in [6, 6.07) is 0.652. The van der Waals surface area contributed by atoms with Crippen LogP contribution in [0.3, 0.4) is 0 Å². The summed E-state index contributed by atoms with van der Waals surface area (Å²) < 4.78 is 121. The van der Waals surface area contributed by atoms with Crippen LogP contribution in [-0.2, 0) is 21.9 Å². The van der Waals surface area contributed by atoms with Gasteiger partial charge in [0.25, 0.3) is 0 Å². The molecule has 1 fully saturated rings. The zero-order valence-electron chi connectivity index (χ0n) is 15.0. The predicted octanol–water partition coefficient (Wildman–Crippen LogP) is 4.30. The van der Waals surface area contributed by atoms with Crippen LogP contribution in [0.4, 0.5) is 45.2 Å². The molecule has 0 unspecified atom stereocenters. The zero-order valence-corrected chi connectivity index (χ0v) is 15.0. The lowest BCUT2D eigenvalue weighted by Gasteiger charge is -2.48. The lowest BCUT2D eigenvalue weighted by Crippen LogP contribution is -2.63. The monoisotopic (exact) mass is 438 g/mol. The summed E-state index contributed by atoms with van der Waals surface area (Å²) in [6.45, 7) is 0.416. The number of hydrogen-bond donors (Lipinski definition) is 0. The second-order valence-electron chi connectivity index (χ2n) is 6.72. The fourth-order valence-corrected chi connectivity index (χ4v) is 3.01. The Morgan fingerprint density at radius 1 is 0.931 bits per heavy atom. The number of anilines is 1. The van der Waals surface area contributed by atoms with Gasteiger partial charge < -0.3 is 9.64 Å². The van der Waals surface area contributed by atoms with Crippen molar-refractivity contribution >= 4 is 11.7 Å². The van der Waals surface area contributed by atoms with E-state index in [4.69, 9.17) is 0 Å². The van der Waals surface area contributed by atoms with Crippen LogP contribution in [0.2, 0.25) is 0 Å². The minimum Gasteiger partial charge on any atom is -0.431 e. The van der Waals surface area contributed by atoms with E-state index in [9.17, 15) is 44.3 Å². The molecule has 1 aliphatic heterocycles. The van der Waals surface area contributed by atoms with Crippen molar-refractivity contribution in [2.24, 2.45) is 0 Å². The van der Waals surface area contributed by atoms with Crippen LogP contribution in [0.5, 0.6) is 0 Å². The summed E-state index contributed by atoms with van der Waals surface area (Å²) in [5.74, 6) is -2.61. The molecule has 1 heterocycles. The normalized spacial score (nSPS) is 22.0. The van der Waals surface area contributed by atoms with Gasteiger partial charge in [-0.1, -0.05) is 0 Å². The average molecular weight is 438 g/mol. The molecule has 0 amide bonds. The molecule has 0 aliphatic carbocycles. The molecule has 0 aromatic heterocycles. The third-order valence-corrected chi connectivity index (χ3v) is 4.27. The number of esters is 1. The third kappa shape index (κ3) is 5.25. The summed E-state index contributed by atoms with van der Waals surface area (Å²) in [4.78, 5) is 13.5. The molecule has 1 saturated heterocycles. The molecule has 1 aliphatic rings. The van der Waals surface area contributed by atoms with Crippen LogP contribution >= 0.6 is 0 Å². The van der Waals surface area contributed by atoms with Gasteiger partial charge >= 0.3 is 24.5 Å². The highest BCUT2D eigenvalue weighted by atomic mass is 19.4. The molecule has 1 atom stereocenters. The van der Waals surface area contributed by atoms with E-state index in [-0.39, 0.29) is 25.7 Å². The number of halogens is 9. The van der Waals surface area contributed by atoms with Gasteiger partial charge in [0.05, 0.1) is 17.7 Å². The van der Waals surface area contributed by atoms with Crippen molar-refractivity contribution < 1.29 is 49.0 Å². The first-order valence-electron chi connectivity index (χ1n) is 7.99. The minimum atomic E-state index is -5.39. The number of hydrogen-bond acceptors (Lipinski definition) is 4. The van der Waals surface area contributed by atoms with Gasteiger partial charge in [-0.15, -0.1) is 0 Å². The maximum Gasteiger partial charge on any atom is 0.491 e. The highest BCUT2D eigenvalue weighted by Gasteiger charge is 2.49. The van der Waals surface area contributed by atoms with E-state index >= 15 is 0 Å². The molecule has 2 rings (SSSR count). The van der Waals surface area contributed by atoms with E-state index in [1.807, 2.05) is 0 Å². The molecular weight excluding hydrogens is 423 g/mol. The second-order valence-corrected chi connectivity index (χ2v) is 6.72. The Kier molecular flexibility index (Phi) is 5.78. The lowest BCUT2D eigenvalue weighted by atomic mass is 10.0. The fraction of sp³-hybridized carbons (Fsp3) is 0.562. The quantitative estimate of drug-likeness (QED) is 0.510. The maximum atomic E-state index is 13.1. The van der Waals surface area contributed by atoms with Crippen LogP contribution in [0.25, 0.3) is 0 Å². The number of rotatable bonds is 2. The first kappa shape index (κ1) is 23.1. The Balaban J connectivity index is 2.58. The number of ether oxygens (including phenoxy) is 1. The van der Waals surface area contributed by atoms with Crippen molar-refractivity contribution in [3.05, 3.63) is 29.3 Å². The van der Waals surface area contributed by atoms with Crippen molar-refractivity contribution in [3.63, 3.8) is 0 Å². The molecule has 0 N–H and O–H groups in total. The van der Waals surface area contributed by atoms with E-state index in [1.54, 1.807) is 0 Å². The summed E-state index contributed by atoms with van der Waals surface area (Å²) in [6.07, 6.45) is -15.7. The molecule has 0 saturated carbocycles. The number of piperazine rings is 1. The molecule has 0 spiro atoms. The Morgan fingerprint density at radius 3 is 1.83 bits per heavy atom. The number of carbonyl (C=O) groups excluding carboxylic acids is 1. The second kappa shape index (κ2) is 7.26. The van der Waals surface area contributed by atoms with Crippen molar-refractivity contribution in [2.45, 2.75) is 31.2 Å². The molecule has 164 valence electrons. The summed E-state index contributed by atoms with van der Waals surface area (Å²) in [7, 11) is 1.45. The smallest absolute Gasteiger partial charge is 0.431 e.